The molecule has 2 fully saturated rings. The van der Waals surface area contributed by atoms with Gasteiger partial charge < -0.3 is 10.2 Å². The van der Waals surface area contributed by atoms with Crippen LogP contribution in [0.5, 0.6) is 0 Å². The highest BCUT2D eigenvalue weighted by molar-refractivity contribution is 6.33. The Morgan fingerprint density at radius 3 is 2.80 bits per heavy atom. The van der Waals surface area contributed by atoms with Crippen LogP contribution < -0.4 is 5.32 Å². The average molecular weight is 293 g/mol. The van der Waals surface area contributed by atoms with Crippen molar-refractivity contribution < 1.29 is 4.79 Å². The predicted molar refractivity (Wildman–Crippen MR) is 81.1 cm³/mol. The van der Waals surface area contributed by atoms with Crippen LogP contribution in [-0.4, -0.2) is 37.0 Å². The van der Waals surface area contributed by atoms with Crippen molar-refractivity contribution in [1.82, 2.24) is 10.2 Å². The number of halogens is 1. The van der Waals surface area contributed by atoms with E-state index in [1.165, 1.54) is 19.3 Å². The molecule has 0 aliphatic carbocycles. The second-order valence-corrected chi connectivity index (χ2v) is 6.50. The molecule has 4 heteroatoms. The summed E-state index contributed by atoms with van der Waals surface area (Å²) in [4.78, 5) is 14.7. The van der Waals surface area contributed by atoms with Gasteiger partial charge in [0, 0.05) is 25.0 Å². The van der Waals surface area contributed by atoms with Crippen molar-refractivity contribution in [2.24, 2.45) is 5.41 Å². The van der Waals surface area contributed by atoms with E-state index in [2.05, 4.69) is 5.32 Å². The Bertz CT molecular complexity index is 491. The van der Waals surface area contributed by atoms with Gasteiger partial charge in [-0.15, -0.1) is 0 Å². The molecule has 3 nitrogen and oxygen atoms in total. The molecule has 1 N–H and O–H groups in total. The number of benzene rings is 1. The lowest BCUT2D eigenvalue weighted by molar-refractivity contribution is 0.0434. The molecular formula is C16H21ClN2O. The molecule has 20 heavy (non-hydrogen) atoms. The van der Waals surface area contributed by atoms with Crippen LogP contribution in [0.4, 0.5) is 0 Å². The molecule has 2 heterocycles. The van der Waals surface area contributed by atoms with E-state index in [1.807, 2.05) is 23.1 Å². The topological polar surface area (TPSA) is 32.3 Å². The molecule has 1 aromatic carbocycles. The van der Waals surface area contributed by atoms with Crippen molar-refractivity contribution in [1.29, 1.82) is 0 Å². The largest absolute Gasteiger partial charge is 0.338 e. The first-order valence-electron chi connectivity index (χ1n) is 7.45. The van der Waals surface area contributed by atoms with Gasteiger partial charge in [-0.05, 0) is 44.4 Å². The lowest BCUT2D eigenvalue weighted by Gasteiger charge is -2.45. The number of carbonyl (C=O) groups is 1. The number of hydrogen-bond donors (Lipinski definition) is 1. The van der Waals surface area contributed by atoms with Gasteiger partial charge in [-0.3, -0.25) is 4.79 Å². The first kappa shape index (κ1) is 13.9. The SMILES string of the molecule is O=C(c1ccccc1Cl)N1CCCC2(CCCNC2)C1. The Balaban J connectivity index is 1.77. The Kier molecular flexibility index (Phi) is 3.99. The molecule has 1 amide bonds. The van der Waals surface area contributed by atoms with Gasteiger partial charge in [-0.2, -0.15) is 0 Å². The van der Waals surface area contributed by atoms with E-state index in [0.29, 0.717) is 10.6 Å². The third-order valence-electron chi connectivity index (χ3n) is 4.61. The van der Waals surface area contributed by atoms with Gasteiger partial charge in [0.1, 0.15) is 0 Å². The molecule has 2 aliphatic heterocycles. The summed E-state index contributed by atoms with van der Waals surface area (Å²) in [7, 11) is 0. The molecule has 3 rings (SSSR count). The molecule has 1 atom stereocenters. The number of piperidine rings is 2. The van der Waals surface area contributed by atoms with Crippen LogP contribution >= 0.6 is 11.6 Å². The maximum absolute atomic E-state index is 12.7. The van der Waals surface area contributed by atoms with Crippen molar-refractivity contribution in [3.63, 3.8) is 0 Å². The summed E-state index contributed by atoms with van der Waals surface area (Å²) in [5.41, 5.74) is 0.919. The van der Waals surface area contributed by atoms with Crippen molar-refractivity contribution in [3.05, 3.63) is 34.9 Å². The van der Waals surface area contributed by atoms with E-state index in [4.69, 9.17) is 11.6 Å². The van der Waals surface area contributed by atoms with Gasteiger partial charge in [0.15, 0.2) is 0 Å². The summed E-state index contributed by atoms with van der Waals surface area (Å²) >= 11 is 6.16. The quantitative estimate of drug-likeness (QED) is 0.863. The Morgan fingerprint density at radius 2 is 2.05 bits per heavy atom. The number of amides is 1. The van der Waals surface area contributed by atoms with Crippen LogP contribution in [0.25, 0.3) is 0 Å². The fraction of sp³-hybridized carbons (Fsp3) is 0.562. The minimum Gasteiger partial charge on any atom is -0.338 e. The first-order chi connectivity index (χ1) is 9.70. The number of nitrogens with zero attached hydrogens (tertiary/aromatic N) is 1. The molecule has 0 aromatic heterocycles. The molecule has 108 valence electrons. The lowest BCUT2D eigenvalue weighted by atomic mass is 9.74. The van der Waals surface area contributed by atoms with E-state index in [-0.39, 0.29) is 11.3 Å². The number of likely N-dealkylation sites (tertiary alicyclic amines) is 1. The van der Waals surface area contributed by atoms with E-state index < -0.39 is 0 Å². The van der Waals surface area contributed by atoms with Crippen molar-refractivity contribution in [3.8, 4) is 0 Å². The first-order valence-corrected chi connectivity index (χ1v) is 7.83. The van der Waals surface area contributed by atoms with Crippen LogP contribution in [0.2, 0.25) is 5.02 Å². The fourth-order valence-corrected chi connectivity index (χ4v) is 3.78. The second kappa shape index (κ2) is 5.74. The molecule has 2 saturated heterocycles. The highest BCUT2D eigenvalue weighted by atomic mass is 35.5. The standard InChI is InChI=1S/C16H21ClN2O/c17-14-6-2-1-5-13(14)15(20)19-10-4-8-16(12-19)7-3-9-18-11-16/h1-2,5-6,18H,3-4,7-12H2. The van der Waals surface area contributed by atoms with E-state index in [0.717, 1.165) is 32.6 Å². The van der Waals surface area contributed by atoms with Gasteiger partial charge in [0.05, 0.1) is 10.6 Å². The predicted octanol–water partition coefficient (Wildman–Crippen LogP) is 2.95. The van der Waals surface area contributed by atoms with E-state index in [9.17, 15) is 4.79 Å². The summed E-state index contributed by atoms with van der Waals surface area (Å²) in [6.45, 7) is 3.87. The van der Waals surface area contributed by atoms with Gasteiger partial charge in [0.2, 0.25) is 0 Å². The zero-order valence-corrected chi connectivity index (χ0v) is 12.5. The summed E-state index contributed by atoms with van der Waals surface area (Å²) in [6, 6.07) is 7.35. The van der Waals surface area contributed by atoms with Crippen molar-refractivity contribution in [2.75, 3.05) is 26.2 Å². The average Bonchev–Trinajstić information content (AvgIpc) is 2.48. The third-order valence-corrected chi connectivity index (χ3v) is 4.94. The zero-order valence-electron chi connectivity index (χ0n) is 11.7. The van der Waals surface area contributed by atoms with Crippen LogP contribution in [-0.2, 0) is 0 Å². The summed E-state index contributed by atoms with van der Waals surface area (Å²) < 4.78 is 0. The highest BCUT2D eigenvalue weighted by Gasteiger charge is 2.38. The normalized spacial score (nSPS) is 26.8. The van der Waals surface area contributed by atoms with Gasteiger partial charge in [-0.25, -0.2) is 0 Å². The molecular weight excluding hydrogens is 272 g/mol. The zero-order chi connectivity index (χ0) is 14.0. The molecule has 0 bridgehead atoms. The highest BCUT2D eigenvalue weighted by Crippen LogP contribution is 2.36. The Labute approximate surface area is 125 Å². The molecule has 1 spiro atoms. The maximum Gasteiger partial charge on any atom is 0.255 e. The number of hydrogen-bond acceptors (Lipinski definition) is 2. The van der Waals surface area contributed by atoms with Gasteiger partial charge in [0.25, 0.3) is 5.91 Å². The van der Waals surface area contributed by atoms with Crippen LogP contribution in [0.15, 0.2) is 24.3 Å². The number of nitrogens with one attached hydrogen (secondary N) is 1. The molecule has 0 radical (unpaired) electrons. The second-order valence-electron chi connectivity index (χ2n) is 6.09. The minimum absolute atomic E-state index is 0.0836. The number of carbonyl (C=O) groups excluding carboxylic acids is 1. The maximum atomic E-state index is 12.7. The molecule has 1 unspecified atom stereocenters. The van der Waals surface area contributed by atoms with Crippen LogP contribution in [0.1, 0.15) is 36.0 Å². The third kappa shape index (κ3) is 2.70. The lowest BCUT2D eigenvalue weighted by Crippen LogP contribution is -2.52. The monoisotopic (exact) mass is 292 g/mol. The van der Waals surface area contributed by atoms with E-state index >= 15 is 0 Å². The summed E-state index contributed by atoms with van der Waals surface area (Å²) in [6.07, 6.45) is 4.77. The van der Waals surface area contributed by atoms with Crippen LogP contribution in [0, 0.1) is 5.41 Å². The van der Waals surface area contributed by atoms with Gasteiger partial charge in [-0.1, -0.05) is 23.7 Å². The van der Waals surface area contributed by atoms with Crippen molar-refractivity contribution >= 4 is 17.5 Å². The van der Waals surface area contributed by atoms with Gasteiger partial charge >= 0.3 is 0 Å². The fourth-order valence-electron chi connectivity index (χ4n) is 3.56. The van der Waals surface area contributed by atoms with Crippen LogP contribution in [0.3, 0.4) is 0 Å². The molecule has 2 aliphatic rings. The van der Waals surface area contributed by atoms with Crippen molar-refractivity contribution in [2.45, 2.75) is 25.7 Å². The summed E-state index contributed by atoms with van der Waals surface area (Å²) in [5, 5.41) is 4.05. The molecule has 0 saturated carbocycles. The van der Waals surface area contributed by atoms with E-state index in [1.54, 1.807) is 6.07 Å². The molecule has 1 aromatic rings. The smallest absolute Gasteiger partial charge is 0.255 e. The minimum atomic E-state index is 0.0836. The number of rotatable bonds is 1. The Morgan fingerprint density at radius 1 is 1.25 bits per heavy atom. The summed E-state index contributed by atoms with van der Waals surface area (Å²) in [5.74, 6) is 0.0836. The Hall–Kier alpha value is -1.06.